The summed E-state index contributed by atoms with van der Waals surface area (Å²) in [6, 6.07) is 24.4. The number of nitrogens with zero attached hydrogens (tertiary/aromatic N) is 1. The van der Waals surface area contributed by atoms with Crippen molar-refractivity contribution >= 4 is 61.0 Å². The Kier molecular flexibility index (Phi) is 15.7. The highest BCUT2D eigenvalue weighted by Gasteiger charge is 2.26. The van der Waals surface area contributed by atoms with Gasteiger partial charge in [0, 0.05) is 25.5 Å². The van der Waals surface area contributed by atoms with Crippen LogP contribution in [0.5, 0.6) is 11.5 Å². The molecule has 1 aromatic heterocycles. The van der Waals surface area contributed by atoms with Crippen molar-refractivity contribution in [3.8, 4) is 11.5 Å². The second-order valence-electron chi connectivity index (χ2n) is 11.0. The van der Waals surface area contributed by atoms with Gasteiger partial charge in [-0.25, -0.2) is 0 Å². The SMILES string of the molecule is CC1=C(N)Nc2cc(C(C)(N)c3ccncc3)ccc2O1.CC1=C(N)Nc2cc(CNCc3ccc(C)cc3)ccc2O1.Cl.Cl.Cl.Cl. The maximum absolute atomic E-state index is 6.51. The molecule has 254 valence electrons. The average Bonchev–Trinajstić information content (AvgIpc) is 3.00. The van der Waals surface area contributed by atoms with Crippen molar-refractivity contribution in [2.75, 3.05) is 10.6 Å². The number of allylic oxidation sites excluding steroid dienone is 2. The second-order valence-corrected chi connectivity index (χ2v) is 11.0. The highest BCUT2D eigenvalue weighted by atomic mass is 35.5. The number of aromatic nitrogens is 1. The number of rotatable bonds is 6. The molecule has 0 radical (unpaired) electrons. The van der Waals surface area contributed by atoms with E-state index in [0.717, 1.165) is 47.1 Å². The van der Waals surface area contributed by atoms with Crippen LogP contribution >= 0.6 is 49.6 Å². The normalized spacial score (nSPS) is 13.6. The number of nitrogens with one attached hydrogen (secondary N) is 3. The van der Waals surface area contributed by atoms with Crippen molar-refractivity contribution in [2.45, 2.75) is 46.3 Å². The van der Waals surface area contributed by atoms with Crippen LogP contribution in [0.15, 0.2) is 108 Å². The third-order valence-electron chi connectivity index (χ3n) is 7.51. The monoisotopic (exact) mass is 721 g/mol. The van der Waals surface area contributed by atoms with E-state index >= 15 is 0 Å². The molecule has 0 saturated heterocycles. The van der Waals surface area contributed by atoms with Gasteiger partial charge in [0.15, 0.2) is 11.5 Å². The van der Waals surface area contributed by atoms with Crippen molar-refractivity contribution in [1.82, 2.24) is 10.3 Å². The molecule has 47 heavy (non-hydrogen) atoms. The van der Waals surface area contributed by atoms with Gasteiger partial charge in [-0.15, -0.1) is 49.6 Å². The van der Waals surface area contributed by atoms with Gasteiger partial charge < -0.3 is 42.6 Å². The average molecular weight is 724 g/mol. The van der Waals surface area contributed by atoms with Crippen LogP contribution in [0.25, 0.3) is 0 Å². The Labute approximate surface area is 301 Å². The van der Waals surface area contributed by atoms with E-state index in [1.54, 1.807) is 12.4 Å². The lowest BCUT2D eigenvalue weighted by molar-refractivity contribution is 0.415. The number of pyridine rings is 1. The number of nitrogens with two attached hydrogens (primary N) is 3. The molecule has 0 bridgehead atoms. The Bertz CT molecular complexity index is 1680. The molecule has 9 nitrogen and oxygen atoms in total. The van der Waals surface area contributed by atoms with Crippen molar-refractivity contribution in [3.63, 3.8) is 0 Å². The molecule has 1 unspecified atom stereocenters. The Morgan fingerprint density at radius 3 is 1.72 bits per heavy atom. The molecule has 9 N–H and O–H groups in total. The lowest BCUT2D eigenvalue weighted by atomic mass is 9.86. The predicted molar refractivity (Wildman–Crippen MR) is 201 cm³/mol. The van der Waals surface area contributed by atoms with Crippen molar-refractivity contribution < 1.29 is 9.47 Å². The van der Waals surface area contributed by atoms with Crippen LogP contribution in [0.2, 0.25) is 0 Å². The lowest BCUT2D eigenvalue weighted by Crippen LogP contribution is -2.34. The molecule has 0 saturated carbocycles. The molecule has 6 rings (SSSR count). The zero-order valence-corrected chi connectivity index (χ0v) is 29.9. The first kappa shape index (κ1) is 41.2. The third kappa shape index (κ3) is 10.1. The molecule has 4 aromatic rings. The van der Waals surface area contributed by atoms with Gasteiger partial charge in [0.05, 0.1) is 16.9 Å². The van der Waals surface area contributed by atoms with E-state index < -0.39 is 5.54 Å². The van der Waals surface area contributed by atoms with E-state index in [1.165, 1.54) is 16.7 Å². The van der Waals surface area contributed by atoms with E-state index in [-0.39, 0.29) is 49.6 Å². The minimum absolute atomic E-state index is 0. The number of ether oxygens (including phenoxy) is 2. The Balaban J connectivity index is 0.000000433. The molecule has 3 aromatic carbocycles. The first-order valence-electron chi connectivity index (χ1n) is 14.2. The fourth-order valence-corrected chi connectivity index (χ4v) is 4.74. The van der Waals surface area contributed by atoms with Crippen LogP contribution in [0.3, 0.4) is 0 Å². The summed E-state index contributed by atoms with van der Waals surface area (Å²) in [5, 5.41) is 9.76. The van der Waals surface area contributed by atoms with Gasteiger partial charge in [0.1, 0.15) is 23.2 Å². The van der Waals surface area contributed by atoms with Crippen LogP contribution in [0.1, 0.15) is 48.6 Å². The largest absolute Gasteiger partial charge is 0.456 e. The summed E-state index contributed by atoms with van der Waals surface area (Å²) in [4.78, 5) is 4.03. The number of anilines is 2. The standard InChI is InChI=1S/C18H21N3O.C16H18N4O.4ClH/c1-12-3-5-14(6-4-12)10-20-11-15-7-8-17-16(9-15)21-18(19)13(2)22-17;1-10-15(17)20-13-9-12(3-4-14(13)21-10)16(2,18)11-5-7-19-8-6-11;;;;/h3-9,20-21H,10-11,19H2,1-2H3;3-9,20H,17-18H2,1-2H3;4*1H. The number of fused-ring (bicyclic) bond motifs is 2. The minimum atomic E-state index is -0.620. The molecule has 3 heterocycles. The molecule has 13 heteroatoms. The number of aryl methyl sites for hydroxylation is 1. The summed E-state index contributed by atoms with van der Waals surface area (Å²) in [5.74, 6) is 4.02. The zero-order valence-electron chi connectivity index (χ0n) is 26.6. The van der Waals surface area contributed by atoms with E-state index in [9.17, 15) is 0 Å². The maximum Gasteiger partial charge on any atom is 0.150 e. The summed E-state index contributed by atoms with van der Waals surface area (Å²) in [5.41, 5.74) is 25.1. The maximum atomic E-state index is 6.51. The van der Waals surface area contributed by atoms with Crippen LogP contribution in [0.4, 0.5) is 11.4 Å². The fourth-order valence-electron chi connectivity index (χ4n) is 4.74. The van der Waals surface area contributed by atoms with Gasteiger partial charge in [-0.3, -0.25) is 4.98 Å². The van der Waals surface area contributed by atoms with E-state index in [4.69, 9.17) is 26.7 Å². The molecule has 1 atom stereocenters. The number of hydrogen-bond acceptors (Lipinski definition) is 9. The number of halogens is 4. The van der Waals surface area contributed by atoms with Gasteiger partial charge in [-0.2, -0.15) is 0 Å². The molecular weight excluding hydrogens is 680 g/mol. The Morgan fingerprint density at radius 1 is 0.660 bits per heavy atom. The van der Waals surface area contributed by atoms with Gasteiger partial charge in [0.2, 0.25) is 0 Å². The lowest BCUT2D eigenvalue weighted by Gasteiger charge is -2.28. The van der Waals surface area contributed by atoms with Crippen molar-refractivity contribution in [2.24, 2.45) is 17.2 Å². The number of benzene rings is 3. The third-order valence-corrected chi connectivity index (χ3v) is 7.51. The highest BCUT2D eigenvalue weighted by molar-refractivity contribution is 5.86. The summed E-state index contributed by atoms with van der Waals surface area (Å²) < 4.78 is 11.3. The van der Waals surface area contributed by atoms with Crippen LogP contribution < -0.4 is 42.6 Å². The molecule has 0 fully saturated rings. The van der Waals surface area contributed by atoms with Crippen LogP contribution in [-0.4, -0.2) is 4.98 Å². The minimum Gasteiger partial charge on any atom is -0.456 e. The van der Waals surface area contributed by atoms with Crippen LogP contribution in [0, 0.1) is 6.92 Å². The van der Waals surface area contributed by atoms with E-state index in [1.807, 2.05) is 57.2 Å². The summed E-state index contributed by atoms with van der Waals surface area (Å²) in [6.07, 6.45) is 3.48. The van der Waals surface area contributed by atoms with Gasteiger partial charge in [-0.1, -0.05) is 42.0 Å². The van der Waals surface area contributed by atoms with Crippen LogP contribution in [-0.2, 0) is 18.6 Å². The van der Waals surface area contributed by atoms with E-state index in [2.05, 4.69) is 64.3 Å². The number of hydrogen-bond donors (Lipinski definition) is 6. The smallest absolute Gasteiger partial charge is 0.150 e. The molecular formula is C34H43Cl4N7O2. The molecule has 0 amide bonds. The Hall–Kier alpha value is -3.83. The zero-order chi connectivity index (χ0) is 30.6. The van der Waals surface area contributed by atoms with E-state index in [0.29, 0.717) is 23.2 Å². The summed E-state index contributed by atoms with van der Waals surface area (Å²) >= 11 is 0. The summed E-state index contributed by atoms with van der Waals surface area (Å²) in [6.45, 7) is 9.39. The van der Waals surface area contributed by atoms with Crippen molar-refractivity contribution in [1.29, 1.82) is 0 Å². The summed E-state index contributed by atoms with van der Waals surface area (Å²) in [7, 11) is 0. The molecule has 0 spiro atoms. The topological polar surface area (TPSA) is 145 Å². The van der Waals surface area contributed by atoms with Gasteiger partial charge in [0.25, 0.3) is 0 Å². The highest BCUT2D eigenvalue weighted by Crippen LogP contribution is 2.36. The quantitative estimate of drug-likeness (QED) is 0.122. The first-order valence-corrected chi connectivity index (χ1v) is 14.2. The molecule has 2 aliphatic rings. The van der Waals surface area contributed by atoms with Crippen molar-refractivity contribution in [3.05, 3.63) is 136 Å². The Morgan fingerprint density at radius 2 is 1.15 bits per heavy atom. The van der Waals surface area contributed by atoms with Gasteiger partial charge >= 0.3 is 0 Å². The molecule has 0 aliphatic carbocycles. The van der Waals surface area contributed by atoms with Gasteiger partial charge in [-0.05, 0) is 86.3 Å². The second kappa shape index (κ2) is 17.9. The fraction of sp³-hybridized carbons (Fsp3) is 0.206. The molecule has 2 aliphatic heterocycles. The first-order chi connectivity index (χ1) is 20.6. The predicted octanol–water partition coefficient (Wildman–Crippen LogP) is 7.18.